The summed E-state index contributed by atoms with van der Waals surface area (Å²) >= 11 is 0. The first kappa shape index (κ1) is 21.0. The average molecular weight is 423 g/mol. The molecule has 1 amide bonds. The minimum atomic E-state index is -0.791. The van der Waals surface area contributed by atoms with Gasteiger partial charge in [0.05, 0.1) is 12.1 Å². The van der Waals surface area contributed by atoms with E-state index in [0.29, 0.717) is 30.5 Å². The van der Waals surface area contributed by atoms with Crippen LogP contribution in [0, 0.1) is 17.6 Å². The zero-order valence-electron chi connectivity index (χ0n) is 16.8. The second-order valence-corrected chi connectivity index (χ2v) is 7.87. The molecule has 1 heterocycles. The summed E-state index contributed by atoms with van der Waals surface area (Å²) in [7, 11) is 0. The molecule has 2 N–H and O–H groups in total. The minimum Gasteiger partial charge on any atom is -0.508 e. The molecule has 0 saturated carbocycles. The number of anilines is 1. The molecule has 4 nitrogen and oxygen atoms in total. The zero-order valence-corrected chi connectivity index (χ0v) is 16.8. The van der Waals surface area contributed by atoms with E-state index < -0.39 is 6.10 Å². The zero-order chi connectivity index (χ0) is 22.0. The topological polar surface area (TPSA) is 60.8 Å². The van der Waals surface area contributed by atoms with Gasteiger partial charge in [-0.3, -0.25) is 4.79 Å². The fraction of sp³-hybridized carbons (Fsp3) is 0.240. The van der Waals surface area contributed by atoms with Crippen LogP contribution < -0.4 is 4.90 Å². The number of phenols is 1. The van der Waals surface area contributed by atoms with Crippen molar-refractivity contribution < 1.29 is 23.8 Å². The molecule has 160 valence electrons. The summed E-state index contributed by atoms with van der Waals surface area (Å²) in [5, 5.41) is 20.1. The minimum absolute atomic E-state index is 0.0870. The first-order valence-corrected chi connectivity index (χ1v) is 10.2. The lowest BCUT2D eigenvalue weighted by Gasteiger charge is -2.25. The lowest BCUT2D eigenvalue weighted by molar-refractivity contribution is -0.120. The highest BCUT2D eigenvalue weighted by molar-refractivity contribution is 5.98. The number of phenolic OH excluding ortho intramolecular Hbond substituents is 1. The quantitative estimate of drug-likeness (QED) is 0.567. The smallest absolute Gasteiger partial charge is 0.230 e. The van der Waals surface area contributed by atoms with Crippen molar-refractivity contribution in [2.24, 2.45) is 5.92 Å². The summed E-state index contributed by atoms with van der Waals surface area (Å²) < 4.78 is 26.5. The summed E-state index contributed by atoms with van der Waals surface area (Å²) in [5.41, 5.74) is 2.08. The fourth-order valence-electron chi connectivity index (χ4n) is 4.17. The molecule has 1 fully saturated rings. The number of carbonyl (C=O) groups is 1. The number of benzene rings is 3. The number of hydrogen-bond acceptors (Lipinski definition) is 3. The van der Waals surface area contributed by atoms with Crippen LogP contribution in [0.25, 0.3) is 0 Å². The molecule has 4 rings (SSSR count). The van der Waals surface area contributed by atoms with Crippen molar-refractivity contribution in [2.75, 3.05) is 4.90 Å². The number of amides is 1. The van der Waals surface area contributed by atoms with Crippen molar-refractivity contribution in [3.8, 4) is 5.75 Å². The van der Waals surface area contributed by atoms with Gasteiger partial charge in [-0.2, -0.15) is 0 Å². The van der Waals surface area contributed by atoms with Crippen LogP contribution in [-0.4, -0.2) is 16.1 Å². The highest BCUT2D eigenvalue weighted by Crippen LogP contribution is 2.42. The first-order valence-electron chi connectivity index (χ1n) is 10.2. The molecule has 1 aliphatic rings. The van der Waals surface area contributed by atoms with E-state index in [1.165, 1.54) is 24.3 Å². The lowest BCUT2D eigenvalue weighted by Crippen LogP contribution is -2.29. The predicted octanol–water partition coefficient (Wildman–Crippen LogP) is 5.28. The molecule has 0 aliphatic carbocycles. The molecule has 3 aromatic rings. The van der Waals surface area contributed by atoms with E-state index in [1.807, 2.05) is 0 Å². The Morgan fingerprint density at radius 3 is 2.10 bits per heavy atom. The van der Waals surface area contributed by atoms with Gasteiger partial charge >= 0.3 is 0 Å². The van der Waals surface area contributed by atoms with Crippen LogP contribution in [0.3, 0.4) is 0 Å². The molecule has 3 unspecified atom stereocenters. The van der Waals surface area contributed by atoms with Crippen molar-refractivity contribution in [3.63, 3.8) is 0 Å². The van der Waals surface area contributed by atoms with E-state index in [4.69, 9.17) is 0 Å². The van der Waals surface area contributed by atoms with E-state index >= 15 is 0 Å². The van der Waals surface area contributed by atoms with Gasteiger partial charge in [0.15, 0.2) is 0 Å². The number of halogens is 2. The Kier molecular flexibility index (Phi) is 6.00. The summed E-state index contributed by atoms with van der Waals surface area (Å²) in [6.45, 7) is 0. The predicted molar refractivity (Wildman–Crippen MR) is 113 cm³/mol. The van der Waals surface area contributed by atoms with Crippen LogP contribution >= 0.6 is 0 Å². The van der Waals surface area contributed by atoms with Crippen LogP contribution in [0.1, 0.15) is 42.5 Å². The lowest BCUT2D eigenvalue weighted by atomic mass is 9.93. The normalized spacial score (nSPS) is 19.6. The number of aliphatic hydroxyl groups excluding tert-OH is 1. The van der Waals surface area contributed by atoms with Crippen molar-refractivity contribution in [1.82, 2.24) is 0 Å². The van der Waals surface area contributed by atoms with Gasteiger partial charge in [0.25, 0.3) is 0 Å². The summed E-state index contributed by atoms with van der Waals surface area (Å²) in [6, 6.07) is 17.9. The summed E-state index contributed by atoms with van der Waals surface area (Å²) in [6.07, 6.45) is 0.572. The molecular formula is C25H23F2NO3. The van der Waals surface area contributed by atoms with E-state index in [2.05, 4.69) is 0 Å². The molecular weight excluding hydrogens is 400 g/mol. The largest absolute Gasteiger partial charge is 0.508 e. The van der Waals surface area contributed by atoms with Gasteiger partial charge in [0.2, 0.25) is 5.91 Å². The number of hydrogen-bond donors (Lipinski definition) is 2. The third-order valence-corrected chi connectivity index (χ3v) is 5.83. The molecule has 3 atom stereocenters. The van der Waals surface area contributed by atoms with Crippen molar-refractivity contribution in [3.05, 3.63) is 95.6 Å². The molecule has 31 heavy (non-hydrogen) atoms. The number of nitrogens with zero attached hydrogens (tertiary/aromatic N) is 1. The van der Waals surface area contributed by atoms with Crippen LogP contribution in [-0.2, 0) is 4.79 Å². The Balaban J connectivity index is 1.55. The van der Waals surface area contributed by atoms with E-state index in [1.54, 1.807) is 53.4 Å². The number of aliphatic hydroxyl groups is 1. The van der Waals surface area contributed by atoms with Crippen LogP contribution in [0.5, 0.6) is 5.75 Å². The molecule has 3 aromatic carbocycles. The monoisotopic (exact) mass is 423 g/mol. The summed E-state index contributed by atoms with van der Waals surface area (Å²) in [4.78, 5) is 15.0. The Morgan fingerprint density at radius 1 is 0.903 bits per heavy atom. The van der Waals surface area contributed by atoms with E-state index in [9.17, 15) is 23.8 Å². The summed E-state index contributed by atoms with van der Waals surface area (Å²) in [5.74, 6) is -1.01. The number of carbonyl (C=O) groups excluding carboxylic acids is 1. The highest BCUT2D eigenvalue weighted by atomic mass is 19.1. The third-order valence-electron chi connectivity index (χ3n) is 5.83. The first-order chi connectivity index (χ1) is 14.9. The molecule has 0 bridgehead atoms. The Labute approximate surface area is 179 Å². The molecule has 1 aliphatic heterocycles. The molecule has 6 heteroatoms. The maximum atomic E-state index is 13.4. The maximum absolute atomic E-state index is 13.4. The van der Waals surface area contributed by atoms with Gasteiger partial charge in [0.1, 0.15) is 17.4 Å². The van der Waals surface area contributed by atoms with Crippen LogP contribution in [0.4, 0.5) is 14.5 Å². The van der Waals surface area contributed by atoms with Gasteiger partial charge < -0.3 is 15.1 Å². The van der Waals surface area contributed by atoms with Crippen molar-refractivity contribution >= 4 is 11.6 Å². The number of aromatic hydroxyl groups is 1. The molecule has 0 aromatic heterocycles. The Hall–Kier alpha value is -3.25. The highest BCUT2D eigenvalue weighted by Gasteiger charge is 2.41. The third kappa shape index (κ3) is 4.59. The second-order valence-electron chi connectivity index (χ2n) is 7.87. The maximum Gasteiger partial charge on any atom is 0.230 e. The number of rotatable bonds is 6. The van der Waals surface area contributed by atoms with E-state index in [-0.39, 0.29) is 35.3 Å². The SMILES string of the molecule is O=C1C(CCC(O)c2ccc(F)cc2)CC(c2ccc(O)cc2)N1c1ccc(F)cc1. The molecule has 1 saturated heterocycles. The van der Waals surface area contributed by atoms with Gasteiger partial charge in [0, 0.05) is 11.6 Å². The van der Waals surface area contributed by atoms with Crippen molar-refractivity contribution in [1.29, 1.82) is 0 Å². The van der Waals surface area contributed by atoms with Gasteiger partial charge in [-0.1, -0.05) is 24.3 Å². The van der Waals surface area contributed by atoms with Gasteiger partial charge in [-0.05, 0) is 78.9 Å². The van der Waals surface area contributed by atoms with Gasteiger partial charge in [-0.25, -0.2) is 8.78 Å². The Morgan fingerprint density at radius 2 is 1.48 bits per heavy atom. The molecule has 0 radical (unpaired) electrons. The van der Waals surface area contributed by atoms with E-state index in [0.717, 1.165) is 5.56 Å². The standard InChI is InChI=1S/C25H23F2NO3/c26-19-6-1-17(2-7-19)24(30)14-5-18-15-23(16-3-12-22(29)13-4-16)28(25(18)31)21-10-8-20(27)9-11-21/h1-4,6-13,18,23-24,29-30H,5,14-15H2. The van der Waals surface area contributed by atoms with Crippen LogP contribution in [0.15, 0.2) is 72.8 Å². The average Bonchev–Trinajstić information content (AvgIpc) is 3.10. The van der Waals surface area contributed by atoms with Gasteiger partial charge in [-0.15, -0.1) is 0 Å². The second kappa shape index (κ2) is 8.86. The Bertz CT molecular complexity index is 1040. The van der Waals surface area contributed by atoms with Crippen LogP contribution in [0.2, 0.25) is 0 Å². The van der Waals surface area contributed by atoms with Crippen molar-refractivity contribution in [2.45, 2.75) is 31.4 Å². The fourth-order valence-corrected chi connectivity index (χ4v) is 4.17. The molecule has 0 spiro atoms.